The number of hydrogen-bond acceptors (Lipinski definition) is 9. The highest BCUT2D eigenvalue weighted by molar-refractivity contribution is 7.91. The molecule has 3 fully saturated rings. The molecule has 4 aliphatic rings. The molecule has 1 saturated heterocycles. The first-order chi connectivity index (χ1) is 27.6. The predicted octanol–water partition coefficient (Wildman–Crippen LogP) is 5.41. The Morgan fingerprint density at radius 2 is 1.81 bits per heavy atom. The highest BCUT2D eigenvalue weighted by Crippen LogP contribution is 2.48. The van der Waals surface area contributed by atoms with Gasteiger partial charge in [-0.05, 0) is 70.3 Å². The van der Waals surface area contributed by atoms with Crippen LogP contribution in [0, 0.1) is 17.8 Å². The summed E-state index contributed by atoms with van der Waals surface area (Å²) in [5, 5.41) is 13.6. The van der Waals surface area contributed by atoms with Crippen LogP contribution in [0.15, 0.2) is 42.6 Å². The van der Waals surface area contributed by atoms with Crippen molar-refractivity contribution in [2.24, 2.45) is 17.8 Å². The van der Waals surface area contributed by atoms with E-state index in [0.29, 0.717) is 43.4 Å². The topological polar surface area (TPSA) is 185 Å². The summed E-state index contributed by atoms with van der Waals surface area (Å²) >= 11 is 0. The van der Waals surface area contributed by atoms with Crippen molar-refractivity contribution in [2.45, 2.75) is 120 Å². The number of alkyl halides is 5. The molecule has 0 bridgehead atoms. The molecule has 0 radical (unpaired) electrons. The fraction of sp³-hybridized carbons (Fsp3) is 0.615. The Morgan fingerprint density at radius 3 is 2.44 bits per heavy atom. The minimum atomic E-state index is -5.07. The van der Waals surface area contributed by atoms with Gasteiger partial charge in [0.1, 0.15) is 42.1 Å². The molecule has 14 nitrogen and oxygen atoms in total. The number of fused-ring (bicyclic) bond motifs is 3. The van der Waals surface area contributed by atoms with Crippen molar-refractivity contribution in [3.05, 3.63) is 42.6 Å². The Labute approximate surface area is 337 Å². The molecule has 2 aromatic rings. The van der Waals surface area contributed by atoms with Crippen LogP contribution in [0.2, 0.25) is 0 Å². The maximum absolute atomic E-state index is 14.9. The van der Waals surface area contributed by atoms with E-state index in [1.54, 1.807) is 36.4 Å². The van der Waals surface area contributed by atoms with Crippen LogP contribution >= 0.6 is 0 Å². The summed E-state index contributed by atoms with van der Waals surface area (Å²) in [5.74, 6) is -4.91. The van der Waals surface area contributed by atoms with E-state index in [0.717, 1.165) is 11.1 Å². The minimum absolute atomic E-state index is 0.00882. The fourth-order valence-corrected chi connectivity index (χ4v) is 9.43. The lowest BCUT2D eigenvalue weighted by molar-refractivity contribution is -0.184. The quantitative estimate of drug-likeness (QED) is 0.206. The van der Waals surface area contributed by atoms with Crippen LogP contribution in [-0.4, -0.2) is 112 Å². The number of amides is 4. The van der Waals surface area contributed by atoms with Gasteiger partial charge in [0, 0.05) is 23.1 Å². The van der Waals surface area contributed by atoms with Gasteiger partial charge in [0.25, 0.3) is 12.3 Å². The monoisotopic (exact) mass is 857 g/mol. The molecule has 324 valence electrons. The Morgan fingerprint density at radius 1 is 1.14 bits per heavy atom. The summed E-state index contributed by atoms with van der Waals surface area (Å²) < 4.78 is 108. The van der Waals surface area contributed by atoms with Crippen molar-refractivity contribution in [2.75, 3.05) is 13.2 Å². The van der Waals surface area contributed by atoms with Gasteiger partial charge in [-0.15, -0.1) is 0 Å². The molecule has 4 amide bonds. The van der Waals surface area contributed by atoms with Crippen molar-refractivity contribution in [3.8, 4) is 11.6 Å². The van der Waals surface area contributed by atoms with Gasteiger partial charge in [-0.1, -0.05) is 44.2 Å². The van der Waals surface area contributed by atoms with Crippen LogP contribution in [0.4, 0.5) is 26.7 Å². The lowest BCUT2D eigenvalue weighted by Crippen LogP contribution is -2.62. The fourth-order valence-electron chi connectivity index (χ4n) is 8.11. The summed E-state index contributed by atoms with van der Waals surface area (Å²) in [6.45, 7) is 4.06. The third-order valence-electron chi connectivity index (χ3n) is 12.0. The smallest absolute Gasteiger partial charge is 0.408 e. The molecule has 3 N–H and O–H groups in total. The van der Waals surface area contributed by atoms with Crippen LogP contribution in [0.3, 0.4) is 0 Å². The summed E-state index contributed by atoms with van der Waals surface area (Å²) in [6.07, 6.45) is -4.93. The Kier molecular flexibility index (Phi) is 12.2. The average molecular weight is 858 g/mol. The standard InChI is InChI=1S/C39H48F5N5O9S/c1-21-9-5-6-10-24-17-38(24,35(52)47-59(55,56)37(4)13-14-37)46-32(50)28-16-25(58-33-27-12-8-7-11-26(27)29(18-45-33)57-20-30(40)41)19-48(28)34(51)31(22(2)15-21)49(36(53)54)23(3)39(42,43)44/h6-8,10-12,18,21-25,28,30-31H,5,9,13-17,19-20H2,1-4H3,(H,46,50)(H,47,52)(H,53,54)/b10-6-/t21-,22-,23-,24-,25-,28+,31+,38-/m1/s1. The van der Waals surface area contributed by atoms with Gasteiger partial charge in [0.2, 0.25) is 27.7 Å². The Hall–Kier alpha value is -4.75. The van der Waals surface area contributed by atoms with E-state index in [4.69, 9.17) is 9.47 Å². The zero-order valence-corrected chi connectivity index (χ0v) is 33.7. The molecule has 3 heterocycles. The first kappa shape index (κ1) is 43.8. The molecule has 59 heavy (non-hydrogen) atoms. The Bertz CT molecular complexity index is 2100. The van der Waals surface area contributed by atoms with Gasteiger partial charge in [0.05, 0.1) is 17.5 Å². The summed E-state index contributed by atoms with van der Waals surface area (Å²) in [6, 6.07) is 0.278. The van der Waals surface area contributed by atoms with Gasteiger partial charge >= 0.3 is 12.3 Å². The number of nitrogens with zero attached hydrogens (tertiary/aromatic N) is 3. The molecule has 20 heteroatoms. The maximum atomic E-state index is 14.9. The van der Waals surface area contributed by atoms with Gasteiger partial charge in [0.15, 0.2) is 0 Å². The zero-order valence-electron chi connectivity index (χ0n) is 32.9. The number of aromatic nitrogens is 1. The summed E-state index contributed by atoms with van der Waals surface area (Å²) in [4.78, 5) is 61.2. The van der Waals surface area contributed by atoms with Crippen molar-refractivity contribution < 1.29 is 64.1 Å². The molecule has 0 spiro atoms. The second kappa shape index (κ2) is 16.4. The number of halogens is 5. The minimum Gasteiger partial charge on any atom is -0.485 e. The highest BCUT2D eigenvalue weighted by Gasteiger charge is 2.63. The molecule has 8 atom stereocenters. The van der Waals surface area contributed by atoms with E-state index in [2.05, 4.69) is 15.0 Å². The summed E-state index contributed by atoms with van der Waals surface area (Å²) in [7, 11) is -4.15. The maximum Gasteiger partial charge on any atom is 0.408 e. The second-order valence-corrected chi connectivity index (χ2v) is 18.7. The third-order valence-corrected chi connectivity index (χ3v) is 14.1. The molecule has 2 aliphatic carbocycles. The van der Waals surface area contributed by atoms with Crippen LogP contribution in [-0.2, 0) is 24.4 Å². The molecular formula is C39H48F5N5O9S. The first-order valence-electron chi connectivity index (χ1n) is 19.5. The number of carboxylic acid groups (broad SMARTS) is 1. The normalized spacial score (nSPS) is 29.6. The number of allylic oxidation sites excluding steroid dienone is 1. The number of sulfonamides is 1. The average Bonchev–Trinajstić information content (AvgIpc) is 4.03. The van der Waals surface area contributed by atoms with Crippen molar-refractivity contribution in [1.29, 1.82) is 0 Å². The molecule has 6 rings (SSSR count). The number of carbonyl (C=O) groups excluding carboxylic acids is 3. The van der Waals surface area contributed by atoms with Gasteiger partial charge in [-0.3, -0.25) is 24.0 Å². The van der Waals surface area contributed by atoms with Crippen molar-refractivity contribution >= 4 is 44.6 Å². The molecule has 2 aliphatic heterocycles. The van der Waals surface area contributed by atoms with Gasteiger partial charge in [-0.2, -0.15) is 13.2 Å². The van der Waals surface area contributed by atoms with Crippen LogP contribution in [0.5, 0.6) is 11.6 Å². The van der Waals surface area contributed by atoms with Crippen molar-refractivity contribution in [1.82, 2.24) is 24.8 Å². The summed E-state index contributed by atoms with van der Waals surface area (Å²) in [5.41, 5.74) is -1.76. The van der Waals surface area contributed by atoms with E-state index in [-0.39, 0.29) is 41.7 Å². The zero-order chi connectivity index (χ0) is 43.2. The molecular weight excluding hydrogens is 810 g/mol. The number of ether oxygens (including phenoxy) is 2. The van der Waals surface area contributed by atoms with E-state index >= 15 is 0 Å². The SMILES string of the molecule is C[C@@H]1CC/C=C\[C@@H]2C[C@@]2(C(=O)NS(=O)(=O)C2(C)CC2)NC(=O)[C@@H]2C[C@@H](Oc3ncc(OCC(F)F)c4ccccc34)CN2C(=O)[C@@H](N(C(=O)O)[C@H](C)C(F)(F)F)[C@H](C)C1. The Balaban J connectivity index is 1.40. The lowest BCUT2D eigenvalue weighted by atomic mass is 9.86. The first-order valence-corrected chi connectivity index (χ1v) is 21.0. The van der Waals surface area contributed by atoms with E-state index in [1.807, 2.05) is 6.92 Å². The largest absolute Gasteiger partial charge is 0.485 e. The second-order valence-electron chi connectivity index (χ2n) is 16.5. The highest BCUT2D eigenvalue weighted by atomic mass is 32.2. The number of benzene rings is 1. The lowest BCUT2D eigenvalue weighted by Gasteiger charge is -2.40. The molecule has 0 unspecified atom stereocenters. The molecule has 2 saturated carbocycles. The van der Waals surface area contributed by atoms with Crippen LogP contribution in [0.1, 0.15) is 72.6 Å². The van der Waals surface area contributed by atoms with Crippen LogP contribution in [0.25, 0.3) is 10.8 Å². The van der Waals surface area contributed by atoms with E-state index in [1.165, 1.54) is 13.8 Å². The predicted molar refractivity (Wildman–Crippen MR) is 202 cm³/mol. The van der Waals surface area contributed by atoms with E-state index in [9.17, 15) is 54.7 Å². The number of pyridine rings is 1. The van der Waals surface area contributed by atoms with Gasteiger partial charge < -0.3 is 24.8 Å². The number of nitrogens with one attached hydrogen (secondary N) is 2. The molecule has 1 aromatic carbocycles. The number of carbonyl (C=O) groups is 4. The number of rotatable bonds is 10. The van der Waals surface area contributed by atoms with Crippen molar-refractivity contribution in [3.63, 3.8) is 0 Å². The third kappa shape index (κ3) is 9.06. The van der Waals surface area contributed by atoms with Crippen LogP contribution < -0.4 is 19.5 Å². The van der Waals surface area contributed by atoms with Gasteiger partial charge in [-0.25, -0.2) is 27.0 Å². The number of hydrogen-bond donors (Lipinski definition) is 3. The van der Waals surface area contributed by atoms with E-state index < -0.39 is 106 Å². The molecule has 1 aromatic heterocycles.